The van der Waals surface area contributed by atoms with E-state index in [1.165, 1.54) is 0 Å². The number of ether oxygens (including phenoxy) is 1. The molecular weight excluding hydrogens is 314 g/mol. The molecule has 0 saturated heterocycles. The van der Waals surface area contributed by atoms with Gasteiger partial charge in [-0.05, 0) is 61.0 Å². The molecule has 0 heterocycles. The highest BCUT2D eigenvalue weighted by Crippen LogP contribution is 2.13. The van der Waals surface area contributed by atoms with Crippen LogP contribution in [-0.2, 0) is 0 Å². The van der Waals surface area contributed by atoms with Crippen LogP contribution in [0.3, 0.4) is 0 Å². The Balaban J connectivity index is 2.00. The molecule has 0 aliphatic rings. The zero-order chi connectivity index (χ0) is 16.7. The highest BCUT2D eigenvalue weighted by Gasteiger charge is 2.05. The van der Waals surface area contributed by atoms with Crippen molar-refractivity contribution in [3.63, 3.8) is 0 Å². The molecule has 0 atom stereocenters. The van der Waals surface area contributed by atoms with Crippen LogP contribution in [0.4, 0.5) is 0 Å². The van der Waals surface area contributed by atoms with Gasteiger partial charge in [0.05, 0.1) is 5.71 Å². The van der Waals surface area contributed by atoms with Crippen molar-refractivity contribution in [1.29, 1.82) is 5.26 Å². The van der Waals surface area contributed by atoms with E-state index in [-0.39, 0.29) is 12.5 Å². The number of carbonyl (C=O) groups excluding carboxylic acids is 1. The fourth-order valence-electron chi connectivity index (χ4n) is 1.77. The number of amides is 1. The Morgan fingerprint density at radius 1 is 1.17 bits per heavy atom. The number of nitrogens with one attached hydrogen (secondary N) is 1. The van der Waals surface area contributed by atoms with Crippen LogP contribution in [-0.4, -0.2) is 18.2 Å². The summed E-state index contributed by atoms with van der Waals surface area (Å²) < 4.78 is 5.17. The summed E-state index contributed by atoms with van der Waals surface area (Å²) in [6, 6.07) is 15.5. The maximum atomic E-state index is 12.0. The zero-order valence-electron chi connectivity index (χ0n) is 12.4. The number of hydrogen-bond acceptors (Lipinski definition) is 4. The maximum Gasteiger partial charge on any atom is 0.271 e. The topological polar surface area (TPSA) is 74.5 Å². The fourth-order valence-corrected chi connectivity index (χ4v) is 1.90. The molecule has 0 aliphatic heterocycles. The van der Waals surface area contributed by atoms with Gasteiger partial charge in [0.25, 0.3) is 5.91 Å². The lowest BCUT2D eigenvalue weighted by atomic mass is 10.1. The lowest BCUT2D eigenvalue weighted by Gasteiger charge is -2.05. The monoisotopic (exact) mass is 327 g/mol. The summed E-state index contributed by atoms with van der Waals surface area (Å²) in [6.07, 6.45) is 0. The number of carbonyl (C=O) groups is 1. The van der Waals surface area contributed by atoms with E-state index in [1.807, 2.05) is 6.07 Å². The van der Waals surface area contributed by atoms with E-state index in [0.29, 0.717) is 22.0 Å². The van der Waals surface area contributed by atoms with Crippen molar-refractivity contribution >= 4 is 23.2 Å². The van der Waals surface area contributed by atoms with Crippen LogP contribution in [0.25, 0.3) is 0 Å². The third kappa shape index (κ3) is 4.83. The fraction of sp³-hybridized carbons (Fsp3) is 0.118. The predicted octanol–water partition coefficient (Wildman–Crippen LogP) is 3.40. The van der Waals surface area contributed by atoms with Gasteiger partial charge in [0.2, 0.25) is 0 Å². The van der Waals surface area contributed by atoms with Gasteiger partial charge >= 0.3 is 0 Å². The van der Waals surface area contributed by atoms with E-state index in [4.69, 9.17) is 21.6 Å². The number of rotatable bonds is 5. The third-order valence-electron chi connectivity index (χ3n) is 3.01. The SMILES string of the molecule is C/C(=N/NC(=O)c1ccc(Cl)cc1)c1ccc(OCC#N)cc1. The zero-order valence-corrected chi connectivity index (χ0v) is 13.2. The predicted molar refractivity (Wildman–Crippen MR) is 88.7 cm³/mol. The second-order valence-electron chi connectivity index (χ2n) is 4.62. The number of nitriles is 1. The van der Waals surface area contributed by atoms with E-state index >= 15 is 0 Å². The van der Waals surface area contributed by atoms with E-state index in [9.17, 15) is 4.79 Å². The molecule has 0 radical (unpaired) electrons. The van der Waals surface area contributed by atoms with Crippen molar-refractivity contribution < 1.29 is 9.53 Å². The van der Waals surface area contributed by atoms with Gasteiger partial charge in [-0.2, -0.15) is 10.4 Å². The molecule has 1 N–H and O–H groups in total. The van der Waals surface area contributed by atoms with Gasteiger partial charge in [-0.1, -0.05) is 11.6 Å². The lowest BCUT2D eigenvalue weighted by molar-refractivity contribution is 0.0955. The number of halogens is 1. The van der Waals surface area contributed by atoms with Gasteiger partial charge in [-0.25, -0.2) is 5.43 Å². The van der Waals surface area contributed by atoms with Crippen LogP contribution >= 0.6 is 11.6 Å². The average molecular weight is 328 g/mol. The van der Waals surface area contributed by atoms with E-state index in [2.05, 4.69) is 10.5 Å². The molecule has 5 nitrogen and oxygen atoms in total. The number of benzene rings is 2. The Hall–Kier alpha value is -2.84. The van der Waals surface area contributed by atoms with E-state index < -0.39 is 0 Å². The quantitative estimate of drug-likeness (QED) is 0.675. The summed E-state index contributed by atoms with van der Waals surface area (Å²) in [5.74, 6) is 0.295. The van der Waals surface area contributed by atoms with Gasteiger partial charge in [0, 0.05) is 10.6 Å². The smallest absolute Gasteiger partial charge is 0.271 e. The molecule has 0 bridgehead atoms. The molecule has 116 valence electrons. The summed E-state index contributed by atoms with van der Waals surface area (Å²) in [5.41, 5.74) is 4.47. The minimum atomic E-state index is -0.310. The third-order valence-corrected chi connectivity index (χ3v) is 3.26. The molecule has 0 aromatic heterocycles. The van der Waals surface area contributed by atoms with Gasteiger partial charge < -0.3 is 4.74 Å². The second kappa shape index (κ2) is 7.97. The van der Waals surface area contributed by atoms with Crippen LogP contribution in [0.15, 0.2) is 53.6 Å². The van der Waals surface area contributed by atoms with Gasteiger partial charge in [-0.3, -0.25) is 4.79 Å². The molecule has 0 unspecified atom stereocenters. The number of hydrogen-bond donors (Lipinski definition) is 1. The van der Waals surface area contributed by atoms with Gasteiger partial charge in [0.1, 0.15) is 11.8 Å². The van der Waals surface area contributed by atoms with Crippen molar-refractivity contribution in [1.82, 2.24) is 5.43 Å². The molecule has 1 amide bonds. The number of nitrogens with zero attached hydrogens (tertiary/aromatic N) is 2. The van der Waals surface area contributed by atoms with Crippen molar-refractivity contribution in [3.8, 4) is 11.8 Å². The molecule has 0 fully saturated rings. The molecule has 2 rings (SSSR count). The summed E-state index contributed by atoms with van der Waals surface area (Å²) in [5, 5.41) is 13.1. The Kier molecular flexibility index (Phi) is 5.73. The molecule has 2 aromatic carbocycles. The van der Waals surface area contributed by atoms with Crippen LogP contribution in [0.5, 0.6) is 5.75 Å². The van der Waals surface area contributed by atoms with Crippen LogP contribution in [0.2, 0.25) is 5.02 Å². The largest absolute Gasteiger partial charge is 0.479 e. The molecule has 0 saturated carbocycles. The Bertz CT molecular complexity index is 747. The minimum absolute atomic E-state index is 0.00354. The summed E-state index contributed by atoms with van der Waals surface area (Å²) in [6.45, 7) is 1.79. The molecular formula is C17H14ClN3O2. The van der Waals surface area contributed by atoms with Crippen molar-refractivity contribution in [2.45, 2.75) is 6.92 Å². The minimum Gasteiger partial charge on any atom is -0.479 e. The molecule has 0 aliphatic carbocycles. The van der Waals surface area contributed by atoms with Gasteiger partial charge in [-0.15, -0.1) is 0 Å². The average Bonchev–Trinajstić information content (AvgIpc) is 2.58. The Morgan fingerprint density at radius 3 is 2.39 bits per heavy atom. The summed E-state index contributed by atoms with van der Waals surface area (Å²) >= 11 is 5.78. The molecule has 2 aromatic rings. The lowest BCUT2D eigenvalue weighted by Crippen LogP contribution is -2.19. The first-order valence-corrected chi connectivity index (χ1v) is 7.18. The molecule has 23 heavy (non-hydrogen) atoms. The van der Waals surface area contributed by atoms with Crippen molar-refractivity contribution in [2.24, 2.45) is 5.10 Å². The maximum absolute atomic E-state index is 12.0. The van der Waals surface area contributed by atoms with Crippen LogP contribution in [0.1, 0.15) is 22.8 Å². The summed E-state index contributed by atoms with van der Waals surface area (Å²) in [4.78, 5) is 12.0. The Labute approximate surface area is 139 Å². The van der Waals surface area contributed by atoms with Crippen molar-refractivity contribution in [3.05, 3.63) is 64.7 Å². The van der Waals surface area contributed by atoms with Crippen LogP contribution < -0.4 is 10.2 Å². The molecule has 6 heteroatoms. The second-order valence-corrected chi connectivity index (χ2v) is 5.05. The van der Waals surface area contributed by atoms with Gasteiger partial charge in [0.15, 0.2) is 6.61 Å². The summed E-state index contributed by atoms with van der Waals surface area (Å²) in [7, 11) is 0. The normalized spacial score (nSPS) is 10.7. The standard InChI is InChI=1S/C17H14ClN3O2/c1-12(13-4-8-16(9-5-13)23-11-10-19)20-21-17(22)14-2-6-15(18)7-3-14/h2-9H,11H2,1H3,(H,21,22)/b20-12-. The highest BCUT2D eigenvalue weighted by molar-refractivity contribution is 6.30. The van der Waals surface area contributed by atoms with Crippen molar-refractivity contribution in [2.75, 3.05) is 6.61 Å². The Morgan fingerprint density at radius 2 is 1.78 bits per heavy atom. The number of hydrazone groups is 1. The first-order chi connectivity index (χ1) is 11.1. The van der Waals surface area contributed by atoms with E-state index in [0.717, 1.165) is 5.56 Å². The van der Waals surface area contributed by atoms with E-state index in [1.54, 1.807) is 55.5 Å². The van der Waals surface area contributed by atoms with Crippen LogP contribution in [0, 0.1) is 11.3 Å². The molecule has 0 spiro atoms. The highest BCUT2D eigenvalue weighted by atomic mass is 35.5. The first-order valence-electron chi connectivity index (χ1n) is 6.80. The first kappa shape index (κ1) is 16.5.